The minimum Gasteiger partial charge on any atom is -0.481 e. The molecule has 0 radical (unpaired) electrons. The fraction of sp³-hybridized carbons (Fsp3) is 0.429. The minimum atomic E-state index is -3.54. The van der Waals surface area contributed by atoms with Crippen LogP contribution in [0, 0.1) is 5.41 Å². The maximum atomic E-state index is 11.9. The number of hydrogen-bond donors (Lipinski definition) is 2. The number of carboxylic acid groups (broad SMARTS) is 1. The maximum Gasteiger partial charge on any atom is 0.310 e. The third kappa shape index (κ3) is 4.05. The molecule has 0 saturated carbocycles. The van der Waals surface area contributed by atoms with E-state index in [-0.39, 0.29) is 17.0 Å². The molecule has 0 heterocycles. The summed E-state index contributed by atoms with van der Waals surface area (Å²) >= 11 is 0. The summed E-state index contributed by atoms with van der Waals surface area (Å²) in [5.74, 6) is -1.47. The van der Waals surface area contributed by atoms with Crippen molar-refractivity contribution in [2.24, 2.45) is 5.41 Å². The zero-order valence-electron chi connectivity index (χ0n) is 13.0. The summed E-state index contributed by atoms with van der Waals surface area (Å²) in [4.78, 5) is 23.0. The molecule has 0 aliphatic carbocycles. The Bertz CT molecular complexity index is 663. The first-order chi connectivity index (χ1) is 9.98. The lowest BCUT2D eigenvalue weighted by Gasteiger charge is -2.19. The van der Waals surface area contributed by atoms with Crippen LogP contribution in [0.3, 0.4) is 0 Å². The highest BCUT2D eigenvalue weighted by atomic mass is 32.2. The summed E-state index contributed by atoms with van der Waals surface area (Å²) in [6, 6.07) is 5.46. The number of amides is 1. The number of nitrogens with zero attached hydrogens (tertiary/aromatic N) is 1. The van der Waals surface area contributed by atoms with Crippen LogP contribution in [0.4, 0.5) is 0 Å². The minimum absolute atomic E-state index is 0.0289. The van der Waals surface area contributed by atoms with E-state index in [0.717, 1.165) is 4.31 Å². The molecule has 1 amide bonds. The molecule has 7 nitrogen and oxygen atoms in total. The monoisotopic (exact) mass is 328 g/mol. The molecule has 122 valence electrons. The molecular formula is C14H20N2O5S. The molecule has 1 aromatic rings. The van der Waals surface area contributed by atoms with Gasteiger partial charge in [0.25, 0.3) is 5.91 Å². The van der Waals surface area contributed by atoms with Crippen molar-refractivity contribution in [3.63, 3.8) is 0 Å². The van der Waals surface area contributed by atoms with Gasteiger partial charge in [0.1, 0.15) is 0 Å². The summed E-state index contributed by atoms with van der Waals surface area (Å²) in [5.41, 5.74) is -0.817. The van der Waals surface area contributed by atoms with E-state index < -0.39 is 27.3 Å². The van der Waals surface area contributed by atoms with Crippen LogP contribution in [0.5, 0.6) is 0 Å². The molecule has 0 atom stereocenters. The van der Waals surface area contributed by atoms with Crippen molar-refractivity contribution >= 4 is 21.9 Å². The van der Waals surface area contributed by atoms with Gasteiger partial charge in [0.2, 0.25) is 10.0 Å². The molecule has 2 N–H and O–H groups in total. The van der Waals surface area contributed by atoms with E-state index in [4.69, 9.17) is 5.11 Å². The second-order valence-electron chi connectivity index (χ2n) is 5.68. The molecule has 0 bridgehead atoms. The number of nitrogens with one attached hydrogen (secondary N) is 1. The van der Waals surface area contributed by atoms with Gasteiger partial charge in [-0.2, -0.15) is 0 Å². The zero-order valence-corrected chi connectivity index (χ0v) is 13.8. The fourth-order valence-corrected chi connectivity index (χ4v) is 2.37. The molecule has 0 aliphatic heterocycles. The molecule has 1 aromatic carbocycles. The van der Waals surface area contributed by atoms with Crippen LogP contribution < -0.4 is 5.32 Å². The van der Waals surface area contributed by atoms with E-state index >= 15 is 0 Å². The SMILES string of the molecule is CN(C)S(=O)(=O)c1ccc(C(=O)NCC(C)(C)C(=O)O)cc1. The van der Waals surface area contributed by atoms with Crippen LogP contribution in [-0.2, 0) is 14.8 Å². The Morgan fingerprint density at radius 2 is 1.68 bits per heavy atom. The molecule has 0 saturated heterocycles. The van der Waals surface area contributed by atoms with Crippen LogP contribution in [0.25, 0.3) is 0 Å². The van der Waals surface area contributed by atoms with Gasteiger partial charge in [0.05, 0.1) is 10.3 Å². The van der Waals surface area contributed by atoms with E-state index in [2.05, 4.69) is 5.32 Å². The third-order valence-electron chi connectivity index (χ3n) is 3.16. The molecule has 0 aliphatic rings. The first-order valence-electron chi connectivity index (χ1n) is 6.52. The molecule has 8 heteroatoms. The highest BCUT2D eigenvalue weighted by Crippen LogP contribution is 2.15. The number of hydrogen-bond acceptors (Lipinski definition) is 4. The second-order valence-corrected chi connectivity index (χ2v) is 7.84. The van der Waals surface area contributed by atoms with Crippen LogP contribution in [-0.4, -0.2) is 50.3 Å². The Balaban J connectivity index is 2.84. The number of carbonyl (C=O) groups excluding carboxylic acids is 1. The summed E-state index contributed by atoms with van der Waals surface area (Å²) in [6.45, 7) is 2.98. The van der Waals surface area contributed by atoms with Gasteiger partial charge < -0.3 is 10.4 Å². The number of sulfonamides is 1. The van der Waals surface area contributed by atoms with Gasteiger partial charge in [-0.15, -0.1) is 0 Å². The van der Waals surface area contributed by atoms with Crippen molar-refractivity contribution in [2.45, 2.75) is 18.7 Å². The predicted octanol–water partition coefficient (Wildman–Crippen LogP) is 0.778. The predicted molar refractivity (Wildman–Crippen MR) is 81.1 cm³/mol. The van der Waals surface area contributed by atoms with Crippen molar-refractivity contribution < 1.29 is 23.1 Å². The van der Waals surface area contributed by atoms with Gasteiger partial charge in [0, 0.05) is 26.2 Å². The van der Waals surface area contributed by atoms with Gasteiger partial charge in [-0.25, -0.2) is 12.7 Å². The maximum absolute atomic E-state index is 11.9. The molecular weight excluding hydrogens is 308 g/mol. The zero-order chi connectivity index (χ0) is 17.1. The highest BCUT2D eigenvalue weighted by Gasteiger charge is 2.27. The van der Waals surface area contributed by atoms with E-state index in [1.807, 2.05) is 0 Å². The molecule has 1 rings (SSSR count). The summed E-state index contributed by atoms with van der Waals surface area (Å²) < 4.78 is 24.9. The molecule has 0 unspecified atom stereocenters. The van der Waals surface area contributed by atoms with Crippen LogP contribution >= 0.6 is 0 Å². The van der Waals surface area contributed by atoms with Gasteiger partial charge in [-0.3, -0.25) is 9.59 Å². The first-order valence-corrected chi connectivity index (χ1v) is 7.96. The van der Waals surface area contributed by atoms with Gasteiger partial charge >= 0.3 is 5.97 Å². The molecule has 0 spiro atoms. The van der Waals surface area contributed by atoms with Gasteiger partial charge in [0.15, 0.2) is 0 Å². The second kappa shape index (κ2) is 6.45. The Morgan fingerprint density at radius 1 is 1.18 bits per heavy atom. The number of carboxylic acids is 1. The number of aliphatic carboxylic acids is 1. The lowest BCUT2D eigenvalue weighted by Crippen LogP contribution is -2.38. The average Bonchev–Trinajstić information content (AvgIpc) is 2.44. The Hall–Kier alpha value is -1.93. The molecule has 0 aromatic heterocycles. The number of benzene rings is 1. The lowest BCUT2D eigenvalue weighted by molar-refractivity contribution is -0.146. The van der Waals surface area contributed by atoms with Crippen LogP contribution in [0.15, 0.2) is 29.2 Å². The Kier molecular flexibility index (Phi) is 5.31. The van der Waals surface area contributed by atoms with Crippen molar-refractivity contribution in [2.75, 3.05) is 20.6 Å². The van der Waals surface area contributed by atoms with E-state index in [0.29, 0.717) is 0 Å². The summed E-state index contributed by atoms with van der Waals surface area (Å²) in [7, 11) is -0.701. The number of carbonyl (C=O) groups is 2. The van der Waals surface area contributed by atoms with E-state index in [1.165, 1.54) is 52.2 Å². The Morgan fingerprint density at radius 3 is 2.09 bits per heavy atom. The Labute approximate surface area is 130 Å². The van der Waals surface area contributed by atoms with Crippen molar-refractivity contribution in [1.29, 1.82) is 0 Å². The van der Waals surface area contributed by atoms with Gasteiger partial charge in [-0.05, 0) is 38.1 Å². The topological polar surface area (TPSA) is 104 Å². The average molecular weight is 328 g/mol. The standard InChI is InChI=1S/C14H20N2O5S/c1-14(2,13(18)19)9-15-12(17)10-5-7-11(8-6-10)22(20,21)16(3)4/h5-8H,9H2,1-4H3,(H,15,17)(H,18,19). The lowest BCUT2D eigenvalue weighted by atomic mass is 9.94. The largest absolute Gasteiger partial charge is 0.481 e. The summed E-state index contributed by atoms with van der Waals surface area (Å²) in [5, 5.41) is 11.5. The van der Waals surface area contributed by atoms with Crippen molar-refractivity contribution in [1.82, 2.24) is 9.62 Å². The quantitative estimate of drug-likeness (QED) is 0.803. The summed E-state index contributed by atoms with van der Waals surface area (Å²) in [6.07, 6.45) is 0. The van der Waals surface area contributed by atoms with Crippen molar-refractivity contribution in [3.05, 3.63) is 29.8 Å². The van der Waals surface area contributed by atoms with Crippen LogP contribution in [0.1, 0.15) is 24.2 Å². The third-order valence-corrected chi connectivity index (χ3v) is 4.99. The fourth-order valence-electron chi connectivity index (χ4n) is 1.47. The van der Waals surface area contributed by atoms with Crippen molar-refractivity contribution in [3.8, 4) is 0 Å². The molecule has 0 fully saturated rings. The smallest absolute Gasteiger partial charge is 0.310 e. The highest BCUT2D eigenvalue weighted by molar-refractivity contribution is 7.89. The molecule has 22 heavy (non-hydrogen) atoms. The van der Waals surface area contributed by atoms with E-state index in [1.54, 1.807) is 0 Å². The first kappa shape index (κ1) is 18.1. The van der Waals surface area contributed by atoms with Gasteiger partial charge in [-0.1, -0.05) is 0 Å². The normalized spacial score (nSPS) is 12.2. The number of rotatable bonds is 6. The van der Waals surface area contributed by atoms with E-state index in [9.17, 15) is 18.0 Å². The van der Waals surface area contributed by atoms with Crippen LogP contribution in [0.2, 0.25) is 0 Å².